The van der Waals surface area contributed by atoms with Crippen LogP contribution in [0.1, 0.15) is 59.4 Å². The second-order valence-corrected chi connectivity index (χ2v) is 12.1. The van der Waals surface area contributed by atoms with Gasteiger partial charge in [0.15, 0.2) is 0 Å². The number of esters is 1. The minimum absolute atomic E-state index is 0.0145. The molecule has 0 heterocycles. The van der Waals surface area contributed by atoms with Crippen molar-refractivity contribution < 1.29 is 33.8 Å². The molecule has 10 nitrogen and oxygen atoms in total. The van der Waals surface area contributed by atoms with Gasteiger partial charge in [0, 0.05) is 33.5 Å². The van der Waals surface area contributed by atoms with E-state index >= 15 is 0 Å². The van der Waals surface area contributed by atoms with Gasteiger partial charge in [-0.05, 0) is 85.6 Å². The summed E-state index contributed by atoms with van der Waals surface area (Å²) in [5, 5.41) is 17.9. The number of ether oxygens (including phenoxy) is 2. The quantitative estimate of drug-likeness (QED) is 0.0444. The Labute approximate surface area is 289 Å². The van der Waals surface area contributed by atoms with E-state index in [1.165, 1.54) is 37.1 Å². The highest BCUT2D eigenvalue weighted by molar-refractivity contribution is 8.00. The number of phenolic OH excluding ortho intramolecular Hbond substituents is 1. The van der Waals surface area contributed by atoms with Crippen LogP contribution in [0.3, 0.4) is 0 Å². The van der Waals surface area contributed by atoms with Gasteiger partial charge in [0.25, 0.3) is 11.8 Å². The molecular weight excluding hydrogens is 642 g/mol. The van der Waals surface area contributed by atoms with Crippen LogP contribution in [0.2, 0.25) is 0 Å². The van der Waals surface area contributed by atoms with Crippen molar-refractivity contribution in [1.29, 1.82) is 0 Å². The smallest absolute Gasteiger partial charge is 0.338 e. The lowest BCUT2D eigenvalue weighted by Crippen LogP contribution is -2.30. The molecule has 4 aromatic rings. The van der Waals surface area contributed by atoms with E-state index in [0.29, 0.717) is 46.8 Å². The third kappa shape index (κ3) is 10.7. The number of methoxy groups -OCH3 is 1. The summed E-state index contributed by atoms with van der Waals surface area (Å²) in [7, 11) is 1.44. The molecule has 4 N–H and O–H groups in total. The fraction of sp³-hybridized carbons (Fsp3) is 0.211. The molecule has 0 aliphatic rings. The number of hydrogen-bond donors (Lipinski definition) is 4. The Morgan fingerprint density at radius 3 is 2.29 bits per heavy atom. The van der Waals surface area contributed by atoms with E-state index in [0.717, 1.165) is 17.7 Å². The molecule has 0 saturated heterocycles. The summed E-state index contributed by atoms with van der Waals surface area (Å²) in [5.41, 5.74) is 2.18. The van der Waals surface area contributed by atoms with Gasteiger partial charge in [-0.3, -0.25) is 14.4 Å². The first-order valence-electron chi connectivity index (χ1n) is 15.8. The average molecular weight is 682 g/mol. The predicted octanol–water partition coefficient (Wildman–Crippen LogP) is 7.28. The highest BCUT2D eigenvalue weighted by Crippen LogP contribution is 2.30. The first kappa shape index (κ1) is 36.3. The lowest BCUT2D eigenvalue weighted by atomic mass is 10.1. The van der Waals surface area contributed by atoms with Crippen LogP contribution in [-0.4, -0.2) is 47.8 Å². The Morgan fingerprint density at radius 2 is 1.59 bits per heavy atom. The van der Waals surface area contributed by atoms with Crippen molar-refractivity contribution >= 4 is 52.9 Å². The first-order chi connectivity index (χ1) is 23.7. The highest BCUT2D eigenvalue weighted by atomic mass is 32.2. The predicted molar refractivity (Wildman–Crippen MR) is 192 cm³/mol. The standard InChI is InChI=1S/C38H39N3O7S/c1-4-6-21-48-38(46)26-15-18-28(19-16-26)39-37(45)34(5-2)49-31-14-10-13-29(23-31)40-36(44)32(41-35(43)25-11-8-7-9-12-25)22-27-17-20-30(42)24-33(27)47-3/h7-20,22-24,34,42H,4-6,21H2,1-3H3,(H,39,45)(H,40,44)(H,41,43)/b32-22+. The van der Waals surface area contributed by atoms with Gasteiger partial charge in [-0.2, -0.15) is 0 Å². The van der Waals surface area contributed by atoms with E-state index in [1.54, 1.807) is 78.9 Å². The van der Waals surface area contributed by atoms with Gasteiger partial charge in [0.1, 0.15) is 17.2 Å². The minimum Gasteiger partial charge on any atom is -0.508 e. The Balaban J connectivity index is 1.46. The molecule has 0 aliphatic carbocycles. The van der Waals surface area contributed by atoms with Crippen molar-refractivity contribution in [3.63, 3.8) is 0 Å². The molecular formula is C38H39N3O7S. The SMILES string of the molecule is CCCCOC(=O)c1ccc(NC(=O)C(CC)Sc2cccc(NC(=O)/C(=C\c3ccc(O)cc3OC)NC(=O)c3ccccc3)c2)cc1. The summed E-state index contributed by atoms with van der Waals surface area (Å²) < 4.78 is 10.6. The molecule has 49 heavy (non-hydrogen) atoms. The molecule has 0 saturated carbocycles. The summed E-state index contributed by atoms with van der Waals surface area (Å²) in [6, 6.07) is 26.5. The van der Waals surface area contributed by atoms with Crippen LogP contribution in [0, 0.1) is 0 Å². The lowest BCUT2D eigenvalue weighted by Gasteiger charge is -2.16. The van der Waals surface area contributed by atoms with Crippen molar-refractivity contribution in [2.45, 2.75) is 43.3 Å². The Morgan fingerprint density at radius 1 is 0.837 bits per heavy atom. The van der Waals surface area contributed by atoms with E-state index in [9.17, 15) is 24.3 Å². The van der Waals surface area contributed by atoms with E-state index in [2.05, 4.69) is 16.0 Å². The first-order valence-corrected chi connectivity index (χ1v) is 16.7. The average Bonchev–Trinajstić information content (AvgIpc) is 3.11. The number of nitrogens with one attached hydrogen (secondary N) is 3. The maximum atomic E-state index is 13.6. The fourth-order valence-corrected chi connectivity index (χ4v) is 5.57. The number of carbonyl (C=O) groups excluding carboxylic acids is 4. The second kappa shape index (κ2) is 18.1. The summed E-state index contributed by atoms with van der Waals surface area (Å²) >= 11 is 1.34. The molecule has 1 unspecified atom stereocenters. The van der Waals surface area contributed by atoms with Gasteiger partial charge in [-0.25, -0.2) is 4.79 Å². The van der Waals surface area contributed by atoms with Gasteiger partial charge in [0.2, 0.25) is 5.91 Å². The van der Waals surface area contributed by atoms with E-state index in [1.807, 2.05) is 19.9 Å². The lowest BCUT2D eigenvalue weighted by molar-refractivity contribution is -0.116. The van der Waals surface area contributed by atoms with Crippen LogP contribution in [0.4, 0.5) is 11.4 Å². The molecule has 0 radical (unpaired) electrons. The highest BCUT2D eigenvalue weighted by Gasteiger charge is 2.20. The number of anilines is 2. The molecule has 0 bridgehead atoms. The maximum absolute atomic E-state index is 13.6. The van der Waals surface area contributed by atoms with E-state index in [-0.39, 0.29) is 17.4 Å². The molecule has 4 rings (SSSR count). The zero-order valence-corrected chi connectivity index (χ0v) is 28.3. The number of amides is 3. The number of aromatic hydroxyl groups is 1. The van der Waals surface area contributed by atoms with Crippen LogP contribution < -0.4 is 20.7 Å². The Kier molecular flexibility index (Phi) is 13.4. The van der Waals surface area contributed by atoms with Crippen LogP contribution in [0.15, 0.2) is 108 Å². The number of unbranched alkanes of at least 4 members (excludes halogenated alkanes) is 1. The number of carbonyl (C=O) groups is 4. The van der Waals surface area contributed by atoms with Gasteiger partial charge in [0.05, 0.1) is 24.5 Å². The normalized spacial score (nSPS) is 11.6. The van der Waals surface area contributed by atoms with Gasteiger partial charge < -0.3 is 30.5 Å². The number of hydrogen-bond acceptors (Lipinski definition) is 8. The molecule has 0 fully saturated rings. The molecule has 0 spiro atoms. The van der Waals surface area contributed by atoms with Crippen molar-refractivity contribution in [2.75, 3.05) is 24.4 Å². The third-order valence-electron chi connectivity index (χ3n) is 7.20. The summed E-state index contributed by atoms with van der Waals surface area (Å²) in [5.74, 6) is -1.40. The molecule has 3 amide bonds. The zero-order chi connectivity index (χ0) is 35.2. The fourth-order valence-electron chi connectivity index (χ4n) is 4.55. The van der Waals surface area contributed by atoms with Crippen LogP contribution in [0.5, 0.6) is 11.5 Å². The summed E-state index contributed by atoms with van der Waals surface area (Å²) in [4.78, 5) is 52.8. The second-order valence-electron chi connectivity index (χ2n) is 10.9. The number of benzene rings is 4. The van der Waals surface area contributed by atoms with E-state index in [4.69, 9.17) is 9.47 Å². The van der Waals surface area contributed by atoms with Crippen molar-refractivity contribution in [3.05, 3.63) is 119 Å². The van der Waals surface area contributed by atoms with Crippen molar-refractivity contribution in [2.24, 2.45) is 0 Å². The summed E-state index contributed by atoms with van der Waals surface area (Å²) in [6.45, 7) is 4.29. The Bertz CT molecular complexity index is 1790. The zero-order valence-electron chi connectivity index (χ0n) is 27.5. The topological polar surface area (TPSA) is 143 Å². The monoisotopic (exact) mass is 681 g/mol. The minimum atomic E-state index is -0.593. The molecule has 11 heteroatoms. The Hall–Kier alpha value is -5.55. The number of thioether (sulfide) groups is 1. The molecule has 254 valence electrons. The van der Waals surface area contributed by atoms with E-state index < -0.39 is 23.0 Å². The van der Waals surface area contributed by atoms with Crippen LogP contribution in [-0.2, 0) is 14.3 Å². The summed E-state index contributed by atoms with van der Waals surface area (Å²) in [6.07, 6.45) is 3.72. The molecule has 0 aromatic heterocycles. The largest absolute Gasteiger partial charge is 0.508 e. The van der Waals surface area contributed by atoms with Gasteiger partial charge in [-0.15, -0.1) is 11.8 Å². The van der Waals surface area contributed by atoms with Gasteiger partial charge >= 0.3 is 5.97 Å². The molecule has 4 aromatic carbocycles. The van der Waals surface area contributed by atoms with Crippen molar-refractivity contribution in [1.82, 2.24) is 5.32 Å². The van der Waals surface area contributed by atoms with Crippen molar-refractivity contribution in [3.8, 4) is 11.5 Å². The maximum Gasteiger partial charge on any atom is 0.338 e. The third-order valence-corrected chi connectivity index (χ3v) is 8.56. The van der Waals surface area contributed by atoms with Crippen LogP contribution in [0.25, 0.3) is 6.08 Å². The number of rotatable bonds is 15. The van der Waals surface area contributed by atoms with Crippen LogP contribution >= 0.6 is 11.8 Å². The molecule has 1 atom stereocenters. The number of phenols is 1. The van der Waals surface area contributed by atoms with Gasteiger partial charge in [-0.1, -0.05) is 44.5 Å². The molecule has 0 aliphatic heterocycles.